The van der Waals surface area contributed by atoms with Crippen molar-refractivity contribution in [1.82, 2.24) is 0 Å². The molecule has 0 aromatic rings. The molecule has 0 bridgehead atoms. The maximum absolute atomic E-state index is 11.9. The molecular weight excluding hydrogens is 212 g/mol. The Kier molecular flexibility index (Phi) is 2.26. The van der Waals surface area contributed by atoms with Crippen LogP contribution in [0.5, 0.6) is 0 Å². The Balaban J connectivity index is 2.13. The first kappa shape index (κ1) is 11.1. The Morgan fingerprint density at radius 2 is 2.00 bits per heavy atom. The van der Waals surface area contributed by atoms with Gasteiger partial charge in [-0.1, -0.05) is 18.1 Å². The lowest BCUT2D eigenvalue weighted by molar-refractivity contribution is -0.147. The van der Waals surface area contributed by atoms with Crippen molar-refractivity contribution >= 4 is 5.97 Å². The fourth-order valence-electron chi connectivity index (χ4n) is 3.84. The molecule has 0 amide bonds. The van der Waals surface area contributed by atoms with Crippen LogP contribution in [0.4, 0.5) is 0 Å². The third-order valence-corrected chi connectivity index (χ3v) is 4.99. The fourth-order valence-corrected chi connectivity index (χ4v) is 3.84. The average molecular weight is 232 g/mol. The van der Waals surface area contributed by atoms with Crippen LogP contribution in [0.25, 0.3) is 0 Å². The van der Waals surface area contributed by atoms with Crippen LogP contribution in [0.3, 0.4) is 0 Å². The van der Waals surface area contributed by atoms with Crippen LogP contribution < -0.4 is 0 Å². The lowest BCUT2D eigenvalue weighted by Gasteiger charge is -2.37. The summed E-state index contributed by atoms with van der Waals surface area (Å²) in [5, 5.41) is 0. The largest absolute Gasteiger partial charge is 0.454 e. The molecule has 17 heavy (non-hydrogen) atoms. The molecule has 3 aliphatic rings. The van der Waals surface area contributed by atoms with E-state index in [1.165, 1.54) is 24.0 Å². The van der Waals surface area contributed by atoms with Crippen molar-refractivity contribution in [3.05, 3.63) is 22.8 Å². The molecule has 3 atom stereocenters. The van der Waals surface area contributed by atoms with Crippen LogP contribution in [0.15, 0.2) is 22.8 Å². The number of hydrogen-bond donors (Lipinski definition) is 0. The van der Waals surface area contributed by atoms with E-state index in [9.17, 15) is 4.79 Å². The molecule has 1 fully saturated rings. The second-order valence-corrected chi connectivity index (χ2v) is 6.16. The van der Waals surface area contributed by atoms with Gasteiger partial charge in [0.25, 0.3) is 0 Å². The van der Waals surface area contributed by atoms with Crippen molar-refractivity contribution in [2.45, 2.75) is 52.6 Å². The third kappa shape index (κ3) is 1.50. The summed E-state index contributed by atoms with van der Waals surface area (Å²) in [6.07, 6.45) is 6.85. The Hall–Kier alpha value is -1.05. The van der Waals surface area contributed by atoms with Gasteiger partial charge >= 0.3 is 5.97 Å². The second kappa shape index (κ2) is 3.47. The van der Waals surface area contributed by atoms with E-state index < -0.39 is 0 Å². The SMILES string of the molecule is CC1=C[C@@H]2OC(=O)C(C)=C3CC[C@](C)(CC1)C32. The van der Waals surface area contributed by atoms with E-state index in [0.717, 1.165) is 18.4 Å². The summed E-state index contributed by atoms with van der Waals surface area (Å²) >= 11 is 0. The van der Waals surface area contributed by atoms with Gasteiger partial charge in [-0.2, -0.15) is 0 Å². The summed E-state index contributed by atoms with van der Waals surface area (Å²) in [5.41, 5.74) is 3.95. The third-order valence-electron chi connectivity index (χ3n) is 4.99. The van der Waals surface area contributed by atoms with Crippen LogP contribution in [-0.2, 0) is 9.53 Å². The highest BCUT2D eigenvalue weighted by Gasteiger charge is 2.50. The van der Waals surface area contributed by atoms with Crippen LogP contribution >= 0.6 is 0 Å². The number of ether oxygens (including phenoxy) is 1. The van der Waals surface area contributed by atoms with Gasteiger partial charge in [-0.25, -0.2) is 4.79 Å². The molecular formula is C15H20O2. The van der Waals surface area contributed by atoms with Crippen molar-refractivity contribution in [1.29, 1.82) is 0 Å². The molecule has 1 unspecified atom stereocenters. The topological polar surface area (TPSA) is 26.3 Å². The standard InChI is InChI=1S/C15H20O2/c1-9-4-6-15(3)7-5-11-10(2)14(16)17-12(8-9)13(11)15/h8,12-13H,4-7H2,1-3H3/t12-,13?,15-/m0/s1. The zero-order chi connectivity index (χ0) is 12.2. The number of rotatable bonds is 0. The van der Waals surface area contributed by atoms with Gasteiger partial charge in [0.1, 0.15) is 6.10 Å². The molecule has 2 nitrogen and oxygen atoms in total. The first-order valence-corrected chi connectivity index (χ1v) is 6.59. The first-order valence-electron chi connectivity index (χ1n) is 6.59. The van der Waals surface area contributed by atoms with Crippen molar-refractivity contribution < 1.29 is 9.53 Å². The van der Waals surface area contributed by atoms with Gasteiger partial charge in [-0.15, -0.1) is 0 Å². The Bertz CT molecular complexity index is 444. The summed E-state index contributed by atoms with van der Waals surface area (Å²) in [7, 11) is 0. The minimum absolute atomic E-state index is 0.00352. The highest BCUT2D eigenvalue weighted by molar-refractivity contribution is 5.90. The highest BCUT2D eigenvalue weighted by atomic mass is 16.5. The van der Waals surface area contributed by atoms with E-state index in [1.54, 1.807) is 0 Å². The molecule has 0 aromatic heterocycles. The Labute approximate surface area is 103 Å². The molecule has 0 spiro atoms. The lowest BCUT2D eigenvalue weighted by Crippen LogP contribution is -2.38. The molecule has 1 aliphatic heterocycles. The molecule has 1 saturated carbocycles. The van der Waals surface area contributed by atoms with E-state index in [1.807, 2.05) is 6.92 Å². The van der Waals surface area contributed by atoms with E-state index in [-0.39, 0.29) is 12.1 Å². The second-order valence-electron chi connectivity index (χ2n) is 6.16. The van der Waals surface area contributed by atoms with Gasteiger partial charge in [-0.3, -0.25) is 0 Å². The van der Waals surface area contributed by atoms with Gasteiger partial charge in [0.05, 0.1) is 0 Å². The van der Waals surface area contributed by atoms with Gasteiger partial charge < -0.3 is 4.74 Å². The normalized spacial score (nSPS) is 40.6. The highest BCUT2D eigenvalue weighted by Crippen LogP contribution is 2.56. The Morgan fingerprint density at radius 3 is 2.76 bits per heavy atom. The maximum Gasteiger partial charge on any atom is 0.334 e. The van der Waals surface area contributed by atoms with Crippen molar-refractivity contribution in [2.24, 2.45) is 11.3 Å². The molecule has 92 valence electrons. The molecule has 2 aliphatic carbocycles. The number of carbonyl (C=O) groups excluding carboxylic acids is 1. The van der Waals surface area contributed by atoms with Crippen LogP contribution in [0, 0.1) is 11.3 Å². The molecule has 3 rings (SSSR count). The van der Waals surface area contributed by atoms with Crippen molar-refractivity contribution in [2.75, 3.05) is 0 Å². The zero-order valence-corrected chi connectivity index (χ0v) is 10.9. The zero-order valence-electron chi connectivity index (χ0n) is 10.9. The van der Waals surface area contributed by atoms with Gasteiger partial charge in [0, 0.05) is 11.5 Å². The summed E-state index contributed by atoms with van der Waals surface area (Å²) < 4.78 is 5.63. The fraction of sp³-hybridized carbons (Fsp3) is 0.667. The van der Waals surface area contributed by atoms with Crippen LogP contribution in [0.2, 0.25) is 0 Å². The van der Waals surface area contributed by atoms with E-state index in [0.29, 0.717) is 11.3 Å². The summed E-state index contributed by atoms with van der Waals surface area (Å²) in [4.78, 5) is 11.9. The molecule has 0 N–H and O–H groups in total. The number of allylic oxidation sites excluding steroid dienone is 1. The maximum atomic E-state index is 11.9. The summed E-state index contributed by atoms with van der Waals surface area (Å²) in [6, 6.07) is 0. The van der Waals surface area contributed by atoms with Crippen LogP contribution in [-0.4, -0.2) is 12.1 Å². The van der Waals surface area contributed by atoms with Gasteiger partial charge in [-0.05, 0) is 51.0 Å². The predicted octanol–water partition coefficient (Wildman–Crippen LogP) is 3.38. The van der Waals surface area contributed by atoms with Crippen molar-refractivity contribution in [3.63, 3.8) is 0 Å². The average Bonchev–Trinajstić information content (AvgIpc) is 2.56. The number of hydrogen-bond acceptors (Lipinski definition) is 2. The monoisotopic (exact) mass is 232 g/mol. The summed E-state index contributed by atoms with van der Waals surface area (Å²) in [6.45, 7) is 6.46. The molecule has 2 heteroatoms. The smallest absolute Gasteiger partial charge is 0.334 e. The van der Waals surface area contributed by atoms with Crippen LogP contribution in [0.1, 0.15) is 46.5 Å². The predicted molar refractivity (Wildman–Crippen MR) is 66.4 cm³/mol. The van der Waals surface area contributed by atoms with E-state index in [2.05, 4.69) is 19.9 Å². The molecule has 0 radical (unpaired) electrons. The quantitative estimate of drug-likeness (QED) is 0.472. The molecule has 0 saturated heterocycles. The number of esters is 1. The lowest BCUT2D eigenvalue weighted by atomic mass is 9.72. The van der Waals surface area contributed by atoms with E-state index >= 15 is 0 Å². The summed E-state index contributed by atoms with van der Waals surface area (Å²) in [5.74, 6) is 0.342. The van der Waals surface area contributed by atoms with Gasteiger partial charge in [0.15, 0.2) is 0 Å². The Morgan fingerprint density at radius 1 is 1.29 bits per heavy atom. The van der Waals surface area contributed by atoms with Crippen molar-refractivity contribution in [3.8, 4) is 0 Å². The minimum Gasteiger partial charge on any atom is -0.454 e. The molecule has 1 heterocycles. The number of carbonyl (C=O) groups is 1. The van der Waals surface area contributed by atoms with E-state index in [4.69, 9.17) is 4.74 Å². The molecule has 0 aromatic carbocycles. The minimum atomic E-state index is -0.101. The first-order chi connectivity index (χ1) is 8.01. The van der Waals surface area contributed by atoms with Gasteiger partial charge in [0.2, 0.25) is 0 Å².